The smallest absolute Gasteiger partial charge is 0.355 e. The summed E-state index contributed by atoms with van der Waals surface area (Å²) in [4.78, 5) is 55.9. The van der Waals surface area contributed by atoms with Crippen molar-refractivity contribution in [3.63, 3.8) is 0 Å². The van der Waals surface area contributed by atoms with Gasteiger partial charge in [0.2, 0.25) is 5.91 Å². The highest BCUT2D eigenvalue weighted by Crippen LogP contribution is 2.39. The second kappa shape index (κ2) is 20.6. The largest absolute Gasteiger partial charge is 0.490 e. The predicted octanol–water partition coefficient (Wildman–Crippen LogP) is 9.16. The van der Waals surface area contributed by atoms with Gasteiger partial charge < -0.3 is 30.1 Å². The Balaban J connectivity index is 0.680. The van der Waals surface area contributed by atoms with Crippen molar-refractivity contribution in [1.82, 2.24) is 30.0 Å². The van der Waals surface area contributed by atoms with Gasteiger partial charge in [-0.15, -0.1) is 0 Å². The topological polar surface area (TPSA) is 178 Å². The number of aromatic carboxylic acids is 1. The van der Waals surface area contributed by atoms with Crippen LogP contribution in [-0.2, 0) is 24.8 Å². The van der Waals surface area contributed by atoms with Crippen molar-refractivity contribution in [3.05, 3.63) is 125 Å². The van der Waals surface area contributed by atoms with Gasteiger partial charge in [-0.2, -0.15) is 5.10 Å². The first kappa shape index (κ1) is 48.4. The number of piperidine rings is 1. The molecule has 0 bridgehead atoms. The number of aliphatic hydroxyl groups excluding tert-OH is 1. The number of fused-ring (bicyclic) bond motifs is 3. The molecule has 73 heavy (non-hydrogen) atoms. The third-order valence-corrected chi connectivity index (χ3v) is 16.6. The molecule has 0 radical (unpaired) electrons. The number of aliphatic hydroxyl groups is 1. The molecule has 6 heterocycles. The highest BCUT2D eigenvalue weighted by atomic mass is 32.1. The number of carbonyl (C=O) groups is 3. The maximum absolute atomic E-state index is 13.7. The number of rotatable bonds is 13. The summed E-state index contributed by atoms with van der Waals surface area (Å²) in [5.74, 6) is 0.696. The van der Waals surface area contributed by atoms with Crippen molar-refractivity contribution in [3.8, 4) is 16.9 Å². The van der Waals surface area contributed by atoms with Gasteiger partial charge in [-0.3, -0.25) is 24.5 Å². The van der Waals surface area contributed by atoms with Gasteiger partial charge in [-0.05, 0) is 135 Å². The molecule has 3 atom stereocenters. The summed E-state index contributed by atoms with van der Waals surface area (Å²) in [6, 6.07) is 29.5. The molecular formula is C57H63N9O6S. The molecule has 15 nitrogen and oxygen atoms in total. The van der Waals surface area contributed by atoms with Crippen LogP contribution in [-0.4, -0.2) is 104 Å². The van der Waals surface area contributed by atoms with Gasteiger partial charge in [-0.25, -0.2) is 14.8 Å². The van der Waals surface area contributed by atoms with Crippen LogP contribution in [0.1, 0.15) is 101 Å². The van der Waals surface area contributed by atoms with Crippen molar-refractivity contribution in [2.45, 2.75) is 90.0 Å². The van der Waals surface area contributed by atoms with Gasteiger partial charge in [0.15, 0.2) is 10.8 Å². The molecule has 2 saturated heterocycles. The fraction of sp³-hybridized carbons (Fsp3) is 0.404. The van der Waals surface area contributed by atoms with Crippen LogP contribution >= 0.6 is 11.3 Å². The molecule has 3 fully saturated rings. The zero-order valence-corrected chi connectivity index (χ0v) is 42.5. The molecule has 4 aliphatic rings. The van der Waals surface area contributed by atoms with Crippen LogP contribution in [0.3, 0.4) is 0 Å². The number of hydrogen-bond acceptors (Lipinski definition) is 12. The van der Waals surface area contributed by atoms with E-state index in [-0.39, 0.29) is 29.5 Å². The number of hydrogen-bond donors (Lipinski definition) is 4. The van der Waals surface area contributed by atoms with Gasteiger partial charge in [0, 0.05) is 69.4 Å². The molecule has 4 N–H and O–H groups in total. The second-order valence-corrected chi connectivity index (χ2v) is 21.6. The zero-order chi connectivity index (χ0) is 50.3. The molecule has 3 aliphatic heterocycles. The summed E-state index contributed by atoms with van der Waals surface area (Å²) >= 11 is 1.44. The highest BCUT2D eigenvalue weighted by Gasteiger charge is 2.34. The van der Waals surface area contributed by atoms with Crippen molar-refractivity contribution >= 4 is 66.9 Å². The standard InChI is InChI=1S/C57H63N9O6S/c1-34(32-64-27-29-65(30-28-64)46-14-7-12-42-51(62-63(3)53(42)46)43-22-24-50(67)60-55(43)69)31-36-17-19-38(20-18-36)72-47-15-8-10-39(35(47)2)40-21-23-49(59-52(40)56(70)71)66-26-25-37-9-6-11-41(44(37)33-66)54(68)61-57-58-45-13-4-5-16-48(45)73-57/h4-16,21,23,34,36,38,43,50,67H,17-20,22,24-33H2,1-3H3,(H,60,69)(H,70,71)(H,58,61,68)/t34-,36?,38?,43?,50?/m1/s1. The number of ether oxygens (including phenoxy) is 1. The number of para-hydroxylation sites is 2. The molecule has 2 unspecified atom stereocenters. The minimum absolute atomic E-state index is 0.0199. The number of thiazole rings is 1. The second-order valence-electron chi connectivity index (χ2n) is 20.6. The molecule has 7 aromatic rings. The Kier molecular flexibility index (Phi) is 13.6. The van der Waals surface area contributed by atoms with E-state index in [0.29, 0.717) is 66.3 Å². The third kappa shape index (κ3) is 9.99. The van der Waals surface area contributed by atoms with E-state index in [0.717, 1.165) is 119 Å². The van der Waals surface area contributed by atoms with E-state index in [1.807, 2.05) is 85.4 Å². The monoisotopic (exact) mass is 1000 g/mol. The average molecular weight is 1000 g/mol. The molecule has 1 aliphatic carbocycles. The van der Waals surface area contributed by atoms with Crippen LogP contribution in [0.2, 0.25) is 0 Å². The Bertz CT molecular complexity index is 3180. The number of aromatic nitrogens is 4. The summed E-state index contributed by atoms with van der Waals surface area (Å²) in [5.41, 5.74) is 8.59. The molecule has 11 rings (SSSR count). The number of piperazine rings is 1. The van der Waals surface area contributed by atoms with E-state index >= 15 is 0 Å². The summed E-state index contributed by atoms with van der Waals surface area (Å²) in [7, 11) is 1.96. The van der Waals surface area contributed by atoms with E-state index < -0.39 is 12.2 Å². The summed E-state index contributed by atoms with van der Waals surface area (Å²) < 4.78 is 9.64. The van der Waals surface area contributed by atoms with Gasteiger partial charge in [-0.1, -0.05) is 66.8 Å². The lowest BCUT2D eigenvalue weighted by molar-refractivity contribution is -0.128. The number of benzene rings is 4. The Labute approximate surface area is 429 Å². The maximum atomic E-state index is 13.7. The Morgan fingerprint density at radius 2 is 1.66 bits per heavy atom. The number of amides is 2. The van der Waals surface area contributed by atoms with Crippen LogP contribution < -0.4 is 25.2 Å². The summed E-state index contributed by atoms with van der Waals surface area (Å²) in [5, 5.41) is 32.6. The van der Waals surface area contributed by atoms with Crippen LogP contribution in [0.15, 0.2) is 91.0 Å². The first-order chi connectivity index (χ1) is 35.4. The number of aryl methyl sites for hydroxylation is 1. The molecule has 2 amide bonds. The lowest BCUT2D eigenvalue weighted by Crippen LogP contribution is -2.47. The number of nitrogens with one attached hydrogen (secondary N) is 2. The number of anilines is 3. The number of pyridine rings is 1. The molecule has 4 aromatic carbocycles. The molecule has 1 saturated carbocycles. The minimum Gasteiger partial charge on any atom is -0.490 e. The highest BCUT2D eigenvalue weighted by molar-refractivity contribution is 7.22. The van der Waals surface area contributed by atoms with Crippen molar-refractivity contribution in [1.29, 1.82) is 0 Å². The Morgan fingerprint density at radius 1 is 0.863 bits per heavy atom. The fourth-order valence-electron chi connectivity index (χ4n) is 11.9. The minimum atomic E-state index is -1.10. The fourth-order valence-corrected chi connectivity index (χ4v) is 12.8. The van der Waals surface area contributed by atoms with Crippen molar-refractivity contribution in [2.24, 2.45) is 18.9 Å². The van der Waals surface area contributed by atoms with Gasteiger partial charge in [0.25, 0.3) is 5.91 Å². The number of nitrogens with zero attached hydrogens (tertiary/aromatic N) is 7. The maximum Gasteiger partial charge on any atom is 0.355 e. The van der Waals surface area contributed by atoms with Crippen LogP contribution in [0.5, 0.6) is 5.75 Å². The summed E-state index contributed by atoms with van der Waals surface area (Å²) in [6.45, 7) is 10.4. The number of carboxylic acid groups (broad SMARTS) is 1. The van der Waals surface area contributed by atoms with Crippen molar-refractivity contribution < 1.29 is 29.3 Å². The van der Waals surface area contributed by atoms with E-state index in [1.165, 1.54) is 17.8 Å². The SMILES string of the molecule is Cc1c(OC2CCC(C[C@@H](C)CN3CCN(c4cccc5c(C6CCC(O)NC6=O)nn(C)c45)CC3)CC2)cccc1-c1ccc(N2CCc3cccc(C(=O)Nc4nc5ccccc5s4)c3C2)nc1C(=O)O. The van der Waals surface area contributed by atoms with Gasteiger partial charge in [0.1, 0.15) is 17.8 Å². The van der Waals surface area contributed by atoms with E-state index in [4.69, 9.17) is 14.8 Å². The molecular weight excluding hydrogens is 939 g/mol. The van der Waals surface area contributed by atoms with Gasteiger partial charge >= 0.3 is 5.97 Å². The molecule has 3 aromatic heterocycles. The van der Waals surface area contributed by atoms with E-state index in [9.17, 15) is 24.6 Å². The first-order valence-corrected chi connectivity index (χ1v) is 26.7. The molecule has 16 heteroatoms. The van der Waals surface area contributed by atoms with Crippen LogP contribution in [0.25, 0.3) is 32.2 Å². The Morgan fingerprint density at radius 3 is 2.45 bits per heavy atom. The number of carboxylic acids is 1. The molecule has 378 valence electrons. The average Bonchev–Trinajstić information content (AvgIpc) is 3.97. The normalized spacial score (nSPS) is 21.0. The molecule has 0 spiro atoms. The lowest BCUT2D eigenvalue weighted by Gasteiger charge is -2.38. The van der Waals surface area contributed by atoms with Crippen LogP contribution in [0.4, 0.5) is 16.6 Å². The third-order valence-electron chi connectivity index (χ3n) is 15.7. The van der Waals surface area contributed by atoms with E-state index in [1.54, 1.807) is 0 Å². The predicted molar refractivity (Wildman–Crippen MR) is 286 cm³/mol. The van der Waals surface area contributed by atoms with Crippen LogP contribution in [0, 0.1) is 18.8 Å². The van der Waals surface area contributed by atoms with E-state index in [2.05, 4.69) is 61.5 Å². The van der Waals surface area contributed by atoms with Gasteiger partial charge in [0.05, 0.1) is 39.1 Å². The van der Waals surface area contributed by atoms with Crippen molar-refractivity contribution in [2.75, 3.05) is 54.4 Å². The quantitative estimate of drug-likeness (QED) is 0.0863. The first-order valence-electron chi connectivity index (χ1n) is 25.9. The summed E-state index contributed by atoms with van der Waals surface area (Å²) in [6.07, 6.45) is 6.48. The Hall–Kier alpha value is -6.88. The number of carbonyl (C=O) groups excluding carboxylic acids is 2. The lowest BCUT2D eigenvalue weighted by atomic mass is 9.82. The zero-order valence-electron chi connectivity index (χ0n) is 41.7.